The van der Waals surface area contributed by atoms with Crippen LogP contribution in [0.5, 0.6) is 0 Å². The highest BCUT2D eigenvalue weighted by Crippen LogP contribution is 2.35. The number of fused-ring (bicyclic) bond motifs is 3. The topological polar surface area (TPSA) is 68.1 Å². The highest BCUT2D eigenvalue weighted by atomic mass is 19.1. The van der Waals surface area contributed by atoms with Crippen molar-refractivity contribution in [3.8, 4) is 5.82 Å². The third kappa shape index (κ3) is 3.20. The third-order valence-electron chi connectivity index (χ3n) is 6.99. The lowest BCUT2D eigenvalue weighted by atomic mass is 9.85. The smallest absolute Gasteiger partial charge is 0.159 e. The number of hydrogen-bond acceptors (Lipinski definition) is 6. The molecule has 1 aromatic carbocycles. The highest BCUT2D eigenvalue weighted by Gasteiger charge is 2.40. The van der Waals surface area contributed by atoms with Crippen molar-refractivity contribution in [3.05, 3.63) is 41.3 Å². The fourth-order valence-electron chi connectivity index (χ4n) is 5.43. The molecule has 0 aliphatic carbocycles. The Morgan fingerprint density at radius 3 is 2.81 bits per heavy atom. The van der Waals surface area contributed by atoms with Crippen LogP contribution in [0.1, 0.15) is 35.7 Å². The second-order valence-electron chi connectivity index (χ2n) is 9.07. The van der Waals surface area contributed by atoms with Gasteiger partial charge in [-0.1, -0.05) is 0 Å². The van der Waals surface area contributed by atoms with E-state index in [2.05, 4.69) is 39.4 Å². The van der Waals surface area contributed by atoms with Gasteiger partial charge >= 0.3 is 0 Å². The van der Waals surface area contributed by atoms with Gasteiger partial charge in [-0.3, -0.25) is 0 Å². The van der Waals surface area contributed by atoms with Crippen LogP contribution in [0, 0.1) is 13.8 Å². The van der Waals surface area contributed by atoms with Gasteiger partial charge < -0.3 is 15.0 Å². The van der Waals surface area contributed by atoms with Crippen molar-refractivity contribution >= 4 is 16.7 Å². The molecule has 162 valence electrons. The van der Waals surface area contributed by atoms with Gasteiger partial charge in [-0.2, -0.15) is 5.10 Å². The normalized spacial score (nSPS) is 28.0. The third-order valence-corrected chi connectivity index (χ3v) is 6.99. The Kier molecular flexibility index (Phi) is 4.47. The molecule has 2 bridgehead atoms. The van der Waals surface area contributed by atoms with E-state index in [-0.39, 0.29) is 5.92 Å². The summed E-state index contributed by atoms with van der Waals surface area (Å²) in [6.45, 7) is 6.88. The van der Waals surface area contributed by atoms with Gasteiger partial charge in [0.2, 0.25) is 0 Å². The molecule has 3 aromatic rings. The highest BCUT2D eigenvalue weighted by molar-refractivity contribution is 5.82. The Balaban J connectivity index is 1.42. The fraction of sp³-hybridized carbons (Fsp3) is 0.522. The largest absolute Gasteiger partial charge is 0.374 e. The van der Waals surface area contributed by atoms with E-state index < -0.39 is 6.17 Å². The zero-order chi connectivity index (χ0) is 21.1. The number of piperidine rings is 1. The lowest BCUT2D eigenvalue weighted by Crippen LogP contribution is -2.37. The zero-order valence-electron chi connectivity index (χ0n) is 17.9. The number of halogens is 1. The Morgan fingerprint density at radius 2 is 2.03 bits per heavy atom. The van der Waals surface area contributed by atoms with Gasteiger partial charge in [-0.15, -0.1) is 0 Å². The molecule has 3 aliphatic heterocycles. The van der Waals surface area contributed by atoms with E-state index >= 15 is 0 Å². The van der Waals surface area contributed by atoms with Crippen molar-refractivity contribution in [2.24, 2.45) is 0 Å². The summed E-state index contributed by atoms with van der Waals surface area (Å²) < 4.78 is 22.3. The minimum Gasteiger partial charge on any atom is -0.374 e. The molecule has 8 heteroatoms. The number of hydrogen-bond donors (Lipinski definition) is 1. The Bertz CT molecular complexity index is 1150. The molecule has 3 aliphatic rings. The lowest BCUT2D eigenvalue weighted by Gasteiger charge is -2.28. The molecule has 6 rings (SSSR count). The summed E-state index contributed by atoms with van der Waals surface area (Å²) in [5, 5.41) is 8.84. The van der Waals surface area contributed by atoms with Crippen LogP contribution in [-0.4, -0.2) is 64.3 Å². The zero-order valence-corrected chi connectivity index (χ0v) is 17.9. The number of anilines is 1. The van der Waals surface area contributed by atoms with Gasteiger partial charge in [0.05, 0.1) is 30.5 Å². The van der Waals surface area contributed by atoms with Crippen molar-refractivity contribution in [2.75, 3.05) is 31.1 Å². The van der Waals surface area contributed by atoms with Crippen LogP contribution in [0.15, 0.2) is 24.4 Å². The predicted molar refractivity (Wildman–Crippen MR) is 117 cm³/mol. The van der Waals surface area contributed by atoms with E-state index in [0.717, 1.165) is 66.2 Å². The maximum absolute atomic E-state index is 14.7. The molecule has 1 N–H and O–H groups in total. The number of benzene rings is 1. The molecule has 0 amide bonds. The van der Waals surface area contributed by atoms with Gasteiger partial charge in [0.1, 0.15) is 17.8 Å². The Labute approximate surface area is 180 Å². The standard InChI is InChI=1S/C23H27FN6O/c1-13-5-15-9-26-30(21(15)7-19(13)18-3-4-25-10-20(18)24)23-8-22(27-14(2)28-23)29-11-17-6-16(29)12-31-17/h5,7-9,16-18,20,25H,3-4,6,10-12H2,1-2H3/t16-,17-,18-,20-/m1/s1. The molecule has 0 unspecified atom stereocenters. The molecule has 7 nitrogen and oxygen atoms in total. The number of alkyl halides is 1. The van der Waals surface area contributed by atoms with Crippen LogP contribution in [0.3, 0.4) is 0 Å². The first-order valence-corrected chi connectivity index (χ1v) is 11.1. The molecular formula is C23H27FN6O. The summed E-state index contributed by atoms with van der Waals surface area (Å²) >= 11 is 0. The summed E-state index contributed by atoms with van der Waals surface area (Å²) in [4.78, 5) is 11.7. The molecule has 0 saturated carbocycles. The monoisotopic (exact) mass is 422 g/mol. The molecule has 3 fully saturated rings. The first kappa shape index (κ1) is 19.1. The average molecular weight is 423 g/mol. The fourth-order valence-corrected chi connectivity index (χ4v) is 5.43. The number of nitrogens with zero attached hydrogens (tertiary/aromatic N) is 5. The van der Waals surface area contributed by atoms with Crippen LogP contribution in [0.25, 0.3) is 16.7 Å². The first-order chi connectivity index (χ1) is 15.1. The van der Waals surface area contributed by atoms with Crippen molar-refractivity contribution in [3.63, 3.8) is 0 Å². The number of ether oxygens (including phenoxy) is 1. The molecule has 4 atom stereocenters. The maximum Gasteiger partial charge on any atom is 0.159 e. The number of aryl methyl sites for hydroxylation is 2. The molecule has 5 heterocycles. The minimum atomic E-state index is -0.873. The molecule has 0 radical (unpaired) electrons. The van der Waals surface area contributed by atoms with E-state index in [9.17, 15) is 4.39 Å². The number of nitrogens with one attached hydrogen (secondary N) is 1. The molecule has 3 saturated heterocycles. The number of aromatic nitrogens is 4. The van der Waals surface area contributed by atoms with Crippen LogP contribution < -0.4 is 10.2 Å². The van der Waals surface area contributed by atoms with E-state index in [1.54, 1.807) is 0 Å². The second kappa shape index (κ2) is 7.24. The lowest BCUT2D eigenvalue weighted by molar-refractivity contribution is 0.0988. The van der Waals surface area contributed by atoms with Crippen molar-refractivity contribution < 1.29 is 9.13 Å². The quantitative estimate of drug-likeness (QED) is 0.700. The maximum atomic E-state index is 14.7. The number of morpholine rings is 1. The van der Waals surface area contributed by atoms with Gasteiger partial charge in [0.15, 0.2) is 5.82 Å². The van der Waals surface area contributed by atoms with Crippen LogP contribution in [0.2, 0.25) is 0 Å². The summed E-state index contributed by atoms with van der Waals surface area (Å²) in [6, 6.07) is 6.64. The van der Waals surface area contributed by atoms with Gasteiger partial charge in [0, 0.05) is 30.5 Å². The SMILES string of the molecule is Cc1nc(N2C[C@H]3C[C@@H]2CO3)cc(-n2ncc3cc(C)c([C@H]4CCNC[C@H]4F)cc32)n1. The van der Waals surface area contributed by atoms with Crippen molar-refractivity contribution in [2.45, 2.75) is 50.9 Å². The Morgan fingerprint density at radius 1 is 1.16 bits per heavy atom. The first-order valence-electron chi connectivity index (χ1n) is 11.1. The second-order valence-corrected chi connectivity index (χ2v) is 9.07. The van der Waals surface area contributed by atoms with Gasteiger partial charge in [-0.05, 0) is 56.5 Å². The average Bonchev–Trinajstić information content (AvgIpc) is 3.49. The summed E-state index contributed by atoms with van der Waals surface area (Å²) in [6.07, 6.45) is 3.16. The summed E-state index contributed by atoms with van der Waals surface area (Å²) in [5.74, 6) is 2.31. The predicted octanol–water partition coefficient (Wildman–Crippen LogP) is 2.82. The van der Waals surface area contributed by atoms with Crippen LogP contribution in [0.4, 0.5) is 10.2 Å². The van der Waals surface area contributed by atoms with Crippen molar-refractivity contribution in [1.29, 1.82) is 0 Å². The van der Waals surface area contributed by atoms with Crippen LogP contribution >= 0.6 is 0 Å². The minimum absolute atomic E-state index is 0.0863. The molecular weight excluding hydrogens is 395 g/mol. The van der Waals surface area contributed by atoms with Crippen molar-refractivity contribution in [1.82, 2.24) is 25.1 Å². The van der Waals surface area contributed by atoms with Gasteiger partial charge in [-0.25, -0.2) is 19.0 Å². The summed E-state index contributed by atoms with van der Waals surface area (Å²) in [7, 11) is 0. The van der Waals surface area contributed by atoms with E-state index in [1.807, 2.05) is 23.9 Å². The van der Waals surface area contributed by atoms with E-state index in [1.165, 1.54) is 0 Å². The molecule has 0 spiro atoms. The number of rotatable bonds is 3. The molecule has 2 aromatic heterocycles. The van der Waals surface area contributed by atoms with Crippen LogP contribution in [-0.2, 0) is 4.74 Å². The summed E-state index contributed by atoms with van der Waals surface area (Å²) in [5.41, 5.74) is 3.15. The molecule has 31 heavy (non-hydrogen) atoms. The van der Waals surface area contributed by atoms with Gasteiger partial charge in [0.25, 0.3) is 0 Å². The Hall–Kier alpha value is -2.58. The van der Waals surface area contributed by atoms with E-state index in [4.69, 9.17) is 9.72 Å². The van der Waals surface area contributed by atoms with E-state index in [0.29, 0.717) is 24.5 Å².